The molecule has 24 nitrogen and oxygen atoms in total. The molecule has 0 aliphatic rings. The smallest absolute Gasteiger partial charge is 0.258 e. The summed E-state index contributed by atoms with van der Waals surface area (Å²) in [6, 6.07) is 141. The summed E-state index contributed by atoms with van der Waals surface area (Å²) in [6.45, 7) is 0. The van der Waals surface area contributed by atoms with Crippen molar-refractivity contribution < 1.29 is 57.5 Å². The van der Waals surface area contributed by atoms with E-state index < -0.39 is 0 Å². The number of hydrogen-bond acceptors (Lipinski definition) is 12. The number of rotatable bonds is 24. The number of para-hydroxylation sites is 12. The number of benzene rings is 17. The highest BCUT2D eigenvalue weighted by atomic mass is 16.2. The van der Waals surface area contributed by atoms with E-state index in [0.29, 0.717) is 67.4 Å². The van der Waals surface area contributed by atoms with Gasteiger partial charge >= 0.3 is 0 Å². The molecule has 0 heterocycles. The second-order valence-corrected chi connectivity index (χ2v) is 34.7. The predicted octanol–water partition coefficient (Wildman–Crippen LogP) is 23.8. The normalized spacial score (nSPS) is 10.3. The number of carbonyl (C=O) groups excluding carboxylic acids is 12. The van der Waals surface area contributed by atoms with Gasteiger partial charge in [-0.15, -0.1) is 0 Å². The Morgan fingerprint density at radius 2 is 0.233 bits per heavy atom. The summed E-state index contributed by atoms with van der Waals surface area (Å²) < 4.78 is 0. The van der Waals surface area contributed by atoms with Gasteiger partial charge in [0.1, 0.15) is 0 Å². The highest BCUT2D eigenvalue weighted by molar-refractivity contribution is 6.20. The number of amides is 12. The number of nitrogens with zero attached hydrogens (tertiary/aromatic N) is 12. The predicted molar refractivity (Wildman–Crippen MR) is 602 cm³/mol. The van der Waals surface area contributed by atoms with Gasteiger partial charge in [0.05, 0.1) is 22.3 Å². The summed E-state index contributed by atoms with van der Waals surface area (Å²) in [5.74, 6) is -2.99. The molecule has 0 aromatic heterocycles. The van der Waals surface area contributed by atoms with E-state index >= 15 is 0 Å². The molecule has 0 radical (unpaired) electrons. The molecule has 17 aromatic rings. The van der Waals surface area contributed by atoms with Gasteiger partial charge in [0.25, 0.3) is 70.9 Å². The lowest BCUT2D eigenvalue weighted by Crippen LogP contribution is -2.33. The monoisotopic (exact) mass is 1990 g/mol. The zero-order chi connectivity index (χ0) is 107. The fourth-order valence-corrected chi connectivity index (χ4v) is 15.9. The first-order valence-electron chi connectivity index (χ1n) is 48.1. The Morgan fingerprint density at radius 3 is 0.420 bits per heavy atom. The van der Waals surface area contributed by atoms with Gasteiger partial charge in [-0.3, -0.25) is 57.5 Å². The van der Waals surface area contributed by atoms with Crippen LogP contribution in [0.15, 0.2) is 473 Å². The van der Waals surface area contributed by atoms with Crippen molar-refractivity contribution >= 4 is 139 Å². The third-order valence-electron chi connectivity index (χ3n) is 24.9. The van der Waals surface area contributed by atoms with Crippen LogP contribution in [-0.2, 0) is 0 Å². The first-order chi connectivity index (χ1) is 72.5. The summed E-state index contributed by atoms with van der Waals surface area (Å²) in [7, 11) is 20.3. The zero-order valence-electron chi connectivity index (χ0n) is 85.3. The van der Waals surface area contributed by atoms with Crippen molar-refractivity contribution in [3.8, 4) is 0 Å². The van der Waals surface area contributed by atoms with Gasteiger partial charge in [0.15, 0.2) is 0 Å². The van der Waals surface area contributed by atoms with Gasteiger partial charge in [-0.05, 0) is 237 Å². The van der Waals surface area contributed by atoms with Gasteiger partial charge in [0, 0.05) is 197 Å². The molecular weight excluding hydrogens is 1870 g/mol. The first-order valence-corrected chi connectivity index (χ1v) is 48.1. The van der Waals surface area contributed by atoms with Crippen LogP contribution in [0.4, 0.5) is 68.2 Å². The Morgan fingerprint density at radius 1 is 0.107 bits per heavy atom. The van der Waals surface area contributed by atoms with Crippen LogP contribution in [0.3, 0.4) is 0 Å². The Kier molecular flexibility index (Phi) is 37.4. The largest absolute Gasteiger partial charge is 0.311 e. The van der Waals surface area contributed by atoms with Crippen LogP contribution >= 0.6 is 0 Å². The molecule has 0 aliphatic heterocycles. The summed E-state index contributed by atoms with van der Waals surface area (Å²) in [4.78, 5) is 176. The minimum Gasteiger partial charge on any atom is -0.311 e. The molecule has 24 heteroatoms. The molecule has 17 aromatic carbocycles. The van der Waals surface area contributed by atoms with Crippen LogP contribution < -0.4 is 58.8 Å². The number of hydrogen-bond donors (Lipinski definition) is 0. The van der Waals surface area contributed by atoms with Crippen molar-refractivity contribution in [1.29, 1.82) is 0 Å². The molecule has 0 unspecified atom stereocenters. The van der Waals surface area contributed by atoms with Gasteiger partial charge in [0.2, 0.25) is 0 Å². The molecule has 17 rings (SSSR count). The van der Waals surface area contributed by atoms with Crippen LogP contribution in [0, 0.1) is 0 Å². The molecule has 0 aliphatic carbocycles. The van der Waals surface area contributed by atoms with Crippen molar-refractivity contribution in [3.05, 3.63) is 540 Å². The zero-order valence-corrected chi connectivity index (χ0v) is 85.3. The Labute approximate surface area is 874 Å². The van der Waals surface area contributed by atoms with Crippen molar-refractivity contribution in [2.75, 3.05) is 143 Å². The summed E-state index contributed by atoms with van der Waals surface area (Å²) in [5.41, 5.74) is 13.2. The van der Waals surface area contributed by atoms with E-state index in [2.05, 4.69) is 0 Å². The number of anilines is 12. The molecule has 0 atom stereocenters. The Hall–Kier alpha value is -19.6. The fraction of sp³-hybridized carbons (Fsp3) is 0.0952. The van der Waals surface area contributed by atoms with Gasteiger partial charge in [-0.25, -0.2) is 0 Å². The van der Waals surface area contributed by atoms with Gasteiger partial charge < -0.3 is 58.8 Å². The maximum Gasteiger partial charge on any atom is 0.258 e. The minimum atomic E-state index is -0.386. The average molecular weight is 1990 g/mol. The quantitative estimate of drug-likeness (QED) is 0.0548. The number of carbonyl (C=O) groups is 12. The molecule has 150 heavy (non-hydrogen) atoms. The van der Waals surface area contributed by atoms with E-state index in [4.69, 9.17) is 0 Å². The molecule has 0 saturated carbocycles. The Balaban J connectivity index is 0.000000158. The molecule has 0 spiro atoms. The van der Waals surface area contributed by atoms with Crippen LogP contribution in [0.25, 0.3) is 0 Å². The van der Waals surface area contributed by atoms with Crippen molar-refractivity contribution in [2.45, 2.75) is 0 Å². The molecule has 0 saturated heterocycles. The maximum atomic E-state index is 13.7. The van der Waals surface area contributed by atoms with Crippen LogP contribution in [0.5, 0.6) is 0 Å². The van der Waals surface area contributed by atoms with Gasteiger partial charge in [-0.2, -0.15) is 0 Å². The summed E-state index contributed by atoms with van der Waals surface area (Å²) in [5, 5.41) is 0. The molecule has 0 N–H and O–H groups in total. The van der Waals surface area contributed by atoms with E-state index in [1.54, 1.807) is 217 Å². The van der Waals surface area contributed by atoms with Gasteiger partial charge in [-0.1, -0.05) is 237 Å². The van der Waals surface area contributed by atoms with Crippen molar-refractivity contribution in [2.24, 2.45) is 0 Å². The summed E-state index contributed by atoms with van der Waals surface area (Å²) >= 11 is 0. The van der Waals surface area contributed by atoms with E-state index in [1.807, 2.05) is 364 Å². The highest BCUT2D eigenvalue weighted by Gasteiger charge is 2.31. The van der Waals surface area contributed by atoms with Crippen LogP contribution in [0.2, 0.25) is 0 Å². The lowest BCUT2D eigenvalue weighted by Gasteiger charge is -2.23. The second-order valence-electron chi connectivity index (χ2n) is 34.7. The SMILES string of the molecule is CN(C(=O)c1cc(C(=O)N(C)c2ccccc2)cc(C(=O)N(C)c2ccccc2)c1)c1ccccc1.CN(C(=O)c1ccc(C(=O)N(C)c2ccccc2)c(C(=O)N(C)c2ccccc2)c1)c1ccccc1.CN(C(=O)c1ccc(C(=O)N(C)c2ccccc2)cc1)c1ccccc1.CN(C(=O)c1cccc(C(=O)N(C)c2ccccc2)c1)c1ccccc1.CN(C(=O)c1ccccc1C(=O)N(C)c1ccccc1)c1ccccc1. The molecular formula is C126H114N12O12. The van der Waals surface area contributed by atoms with E-state index in [9.17, 15) is 57.5 Å². The van der Waals surface area contributed by atoms with E-state index in [0.717, 1.165) is 39.8 Å². The third kappa shape index (κ3) is 27.3. The molecule has 750 valence electrons. The lowest BCUT2D eigenvalue weighted by molar-refractivity contribution is 0.0958. The highest BCUT2D eigenvalue weighted by Crippen LogP contribution is 2.31. The van der Waals surface area contributed by atoms with E-state index in [-0.39, 0.29) is 98.7 Å². The van der Waals surface area contributed by atoms with Crippen LogP contribution in [0.1, 0.15) is 124 Å². The second kappa shape index (κ2) is 52.1. The molecule has 0 fully saturated rings. The molecule has 12 amide bonds. The standard InChI is InChI=1S/2C30H27N3O3.3C22H20N2O2/c1-31(25-13-7-4-8-14-25)28(34)22-19-23(29(35)32(2)26-15-9-5-10-16-26)21-24(20-22)30(36)33(3)27-17-11-6-12-18-27;1-31(23-13-7-4-8-14-23)28(34)22-19-20-26(29(35)32(2)24-15-9-5-10-16-24)27(21-22)30(36)33(3)25-17-11-6-12-18-25;1-23(19-12-5-3-6-13-19)21(25)17-10-9-11-18(16-17)22(26)24(2)20-14-7-4-8-15-20;1-23(17-11-5-3-6-12-17)21(25)19-15-9-10-16-20(19)22(26)24(2)18-13-7-4-8-14-18;1-23(19-9-5-3-6-10-19)21(25)17-13-15-18(16-14-17)22(26)24(2)20-11-7-4-8-12-20/h2*4-21H,1-3H3;3*3-16H,1-2H3. The Bertz CT molecular complexity index is 7100. The first kappa shape index (κ1) is 108. The fourth-order valence-electron chi connectivity index (χ4n) is 15.9. The topological polar surface area (TPSA) is 244 Å². The van der Waals surface area contributed by atoms with Crippen molar-refractivity contribution in [3.63, 3.8) is 0 Å². The molecule has 0 bridgehead atoms. The van der Waals surface area contributed by atoms with Crippen molar-refractivity contribution in [1.82, 2.24) is 0 Å². The maximum absolute atomic E-state index is 13.7. The van der Waals surface area contributed by atoms with Crippen LogP contribution in [-0.4, -0.2) is 155 Å². The lowest BCUT2D eigenvalue weighted by atomic mass is 10.00. The van der Waals surface area contributed by atoms with E-state index in [1.165, 1.54) is 35.5 Å². The summed E-state index contributed by atoms with van der Waals surface area (Å²) in [6.07, 6.45) is 0. The third-order valence-corrected chi connectivity index (χ3v) is 24.9. The average Bonchev–Trinajstić information content (AvgIpc) is 0.793. The minimum absolute atomic E-state index is 0.119.